The number of carbonyl (C=O) groups is 1. The molecule has 1 amide bonds. The zero-order valence-corrected chi connectivity index (χ0v) is 14.2. The fraction of sp³-hybridized carbons (Fsp3) is 0.412. The largest absolute Gasteiger partial charge is 0.401 e. The summed E-state index contributed by atoms with van der Waals surface area (Å²) in [6, 6.07) is 8.79. The average molecular weight is 354 g/mol. The maximum atomic E-state index is 12.8. The molecule has 1 aromatic heterocycles. The van der Waals surface area contributed by atoms with Gasteiger partial charge in [-0.25, -0.2) is 4.68 Å². The van der Waals surface area contributed by atoms with Crippen molar-refractivity contribution in [2.24, 2.45) is 0 Å². The fourth-order valence-corrected chi connectivity index (χ4v) is 2.52. The van der Waals surface area contributed by atoms with E-state index in [1.54, 1.807) is 54.3 Å². The summed E-state index contributed by atoms with van der Waals surface area (Å²) in [4.78, 5) is 15.5. The Kier molecular flexibility index (Phi) is 6.19. The summed E-state index contributed by atoms with van der Waals surface area (Å²) in [7, 11) is 1.39. The van der Waals surface area contributed by atoms with E-state index >= 15 is 0 Å². The lowest BCUT2D eigenvalue weighted by atomic mass is 10.1. The highest BCUT2D eigenvalue weighted by Gasteiger charge is 2.29. The lowest BCUT2D eigenvalue weighted by Crippen LogP contribution is -2.40. The minimum absolute atomic E-state index is 0.142. The van der Waals surface area contributed by atoms with Crippen LogP contribution >= 0.6 is 0 Å². The SMILES string of the molecule is CCN(CCN(C)CC(F)(F)F)C(=O)c1ccccc1-n1cccn1. The Bertz CT molecular complexity index is 685. The van der Waals surface area contributed by atoms with Crippen LogP contribution in [0.4, 0.5) is 13.2 Å². The van der Waals surface area contributed by atoms with Gasteiger partial charge in [-0.05, 0) is 32.2 Å². The average Bonchev–Trinajstić information content (AvgIpc) is 3.08. The van der Waals surface area contributed by atoms with Gasteiger partial charge in [0.05, 0.1) is 17.8 Å². The van der Waals surface area contributed by atoms with Crippen molar-refractivity contribution in [3.63, 3.8) is 0 Å². The number of carbonyl (C=O) groups excluding carboxylic acids is 1. The predicted molar refractivity (Wildman–Crippen MR) is 88.7 cm³/mol. The predicted octanol–water partition coefficient (Wildman–Crippen LogP) is 2.83. The van der Waals surface area contributed by atoms with Gasteiger partial charge in [0.2, 0.25) is 0 Å². The minimum Gasteiger partial charge on any atom is -0.338 e. The van der Waals surface area contributed by atoms with Crippen molar-refractivity contribution in [2.75, 3.05) is 33.2 Å². The number of halogens is 3. The van der Waals surface area contributed by atoms with Crippen molar-refractivity contribution in [2.45, 2.75) is 13.1 Å². The van der Waals surface area contributed by atoms with Crippen LogP contribution in [0.15, 0.2) is 42.7 Å². The standard InChI is InChI=1S/C17H21F3N4O/c1-3-23(12-11-22(2)13-17(18,19)20)16(25)14-7-4-5-8-15(14)24-10-6-9-21-24/h4-10H,3,11-13H2,1-2H3. The van der Waals surface area contributed by atoms with Gasteiger partial charge in [-0.15, -0.1) is 0 Å². The molecule has 5 nitrogen and oxygen atoms in total. The Hall–Kier alpha value is -2.35. The summed E-state index contributed by atoms with van der Waals surface area (Å²) in [5, 5.41) is 4.14. The molecule has 0 unspecified atom stereocenters. The van der Waals surface area contributed by atoms with Gasteiger partial charge < -0.3 is 4.90 Å². The van der Waals surface area contributed by atoms with Gasteiger partial charge in [-0.2, -0.15) is 18.3 Å². The summed E-state index contributed by atoms with van der Waals surface area (Å²) in [6.45, 7) is 1.57. The first-order chi connectivity index (χ1) is 11.8. The number of para-hydroxylation sites is 1. The van der Waals surface area contributed by atoms with Crippen LogP contribution in [0.5, 0.6) is 0 Å². The molecule has 8 heteroatoms. The zero-order chi connectivity index (χ0) is 18.4. The topological polar surface area (TPSA) is 41.4 Å². The third-order valence-electron chi connectivity index (χ3n) is 3.76. The number of aromatic nitrogens is 2. The van der Waals surface area contributed by atoms with Crippen LogP contribution < -0.4 is 0 Å². The molecule has 0 saturated heterocycles. The number of alkyl halides is 3. The van der Waals surface area contributed by atoms with Gasteiger partial charge in [0.1, 0.15) is 0 Å². The second-order valence-corrected chi connectivity index (χ2v) is 5.71. The van der Waals surface area contributed by atoms with Gasteiger partial charge in [0, 0.05) is 32.0 Å². The lowest BCUT2D eigenvalue weighted by Gasteiger charge is -2.26. The number of nitrogens with zero attached hydrogens (tertiary/aromatic N) is 4. The number of hydrogen-bond donors (Lipinski definition) is 0. The van der Waals surface area contributed by atoms with Gasteiger partial charge in [-0.3, -0.25) is 9.69 Å². The van der Waals surface area contributed by atoms with E-state index in [1.807, 2.05) is 0 Å². The number of amides is 1. The van der Waals surface area contributed by atoms with Crippen LogP contribution in [-0.2, 0) is 0 Å². The molecular weight excluding hydrogens is 333 g/mol. The smallest absolute Gasteiger partial charge is 0.338 e. The Balaban J connectivity index is 2.10. The number of likely N-dealkylation sites (N-methyl/N-ethyl adjacent to an activating group) is 2. The Morgan fingerprint density at radius 3 is 2.52 bits per heavy atom. The van der Waals surface area contributed by atoms with E-state index in [4.69, 9.17) is 0 Å². The maximum absolute atomic E-state index is 12.8. The fourth-order valence-electron chi connectivity index (χ4n) is 2.52. The molecule has 0 aliphatic carbocycles. The summed E-state index contributed by atoms with van der Waals surface area (Å²) >= 11 is 0. The first-order valence-corrected chi connectivity index (χ1v) is 7.95. The molecule has 0 N–H and O–H groups in total. The van der Waals surface area contributed by atoms with E-state index in [0.717, 1.165) is 4.90 Å². The van der Waals surface area contributed by atoms with E-state index in [1.165, 1.54) is 11.9 Å². The van der Waals surface area contributed by atoms with Crippen LogP contribution in [0.25, 0.3) is 5.69 Å². The maximum Gasteiger partial charge on any atom is 0.401 e. The first kappa shape index (κ1) is 19.0. The molecule has 0 radical (unpaired) electrons. The molecule has 1 aromatic carbocycles. The lowest BCUT2D eigenvalue weighted by molar-refractivity contribution is -0.143. The number of hydrogen-bond acceptors (Lipinski definition) is 3. The van der Waals surface area contributed by atoms with Crippen molar-refractivity contribution in [3.05, 3.63) is 48.3 Å². The zero-order valence-electron chi connectivity index (χ0n) is 14.2. The number of rotatable bonds is 7. The molecule has 0 spiro atoms. The molecule has 0 bridgehead atoms. The van der Waals surface area contributed by atoms with E-state index in [2.05, 4.69) is 5.10 Å². The second-order valence-electron chi connectivity index (χ2n) is 5.71. The highest BCUT2D eigenvalue weighted by Crippen LogP contribution is 2.17. The van der Waals surface area contributed by atoms with E-state index in [-0.39, 0.29) is 19.0 Å². The van der Waals surface area contributed by atoms with Crippen LogP contribution in [0.2, 0.25) is 0 Å². The molecule has 0 saturated carbocycles. The van der Waals surface area contributed by atoms with Crippen molar-refractivity contribution in [1.82, 2.24) is 19.6 Å². The monoisotopic (exact) mass is 354 g/mol. The van der Waals surface area contributed by atoms with Crippen LogP contribution in [0.1, 0.15) is 17.3 Å². The van der Waals surface area contributed by atoms with E-state index < -0.39 is 12.7 Å². The van der Waals surface area contributed by atoms with Crippen molar-refractivity contribution in [3.8, 4) is 5.69 Å². The quantitative estimate of drug-likeness (QED) is 0.768. The molecule has 0 aliphatic rings. The third kappa shape index (κ3) is 5.32. The van der Waals surface area contributed by atoms with Crippen LogP contribution in [-0.4, -0.2) is 64.9 Å². The molecule has 1 heterocycles. The molecule has 2 aromatic rings. The first-order valence-electron chi connectivity index (χ1n) is 7.95. The Morgan fingerprint density at radius 2 is 1.92 bits per heavy atom. The molecule has 25 heavy (non-hydrogen) atoms. The van der Waals surface area contributed by atoms with Crippen molar-refractivity contribution >= 4 is 5.91 Å². The summed E-state index contributed by atoms with van der Waals surface area (Å²) < 4.78 is 38.8. The number of benzene rings is 1. The summed E-state index contributed by atoms with van der Waals surface area (Å²) in [5.41, 5.74) is 1.10. The summed E-state index contributed by atoms with van der Waals surface area (Å²) in [6.07, 6.45) is -0.896. The Labute approximate surface area is 144 Å². The molecule has 136 valence electrons. The van der Waals surface area contributed by atoms with Gasteiger partial charge in [-0.1, -0.05) is 12.1 Å². The third-order valence-corrected chi connectivity index (χ3v) is 3.76. The second kappa shape index (κ2) is 8.15. The molecule has 0 aliphatic heterocycles. The van der Waals surface area contributed by atoms with Crippen LogP contribution in [0, 0.1) is 0 Å². The van der Waals surface area contributed by atoms with Crippen molar-refractivity contribution in [1.29, 1.82) is 0 Å². The molecule has 0 fully saturated rings. The van der Waals surface area contributed by atoms with E-state index in [9.17, 15) is 18.0 Å². The van der Waals surface area contributed by atoms with E-state index in [0.29, 0.717) is 17.8 Å². The Morgan fingerprint density at radius 1 is 1.20 bits per heavy atom. The minimum atomic E-state index is -4.25. The van der Waals surface area contributed by atoms with Gasteiger partial charge >= 0.3 is 6.18 Å². The molecule has 2 rings (SSSR count). The molecule has 0 atom stereocenters. The highest BCUT2D eigenvalue weighted by atomic mass is 19.4. The van der Waals surface area contributed by atoms with Crippen LogP contribution in [0.3, 0.4) is 0 Å². The van der Waals surface area contributed by atoms with Gasteiger partial charge in [0.25, 0.3) is 5.91 Å². The molecular formula is C17H21F3N4O. The van der Waals surface area contributed by atoms with Gasteiger partial charge in [0.15, 0.2) is 0 Å². The highest BCUT2D eigenvalue weighted by molar-refractivity contribution is 5.97. The summed E-state index contributed by atoms with van der Waals surface area (Å²) in [5.74, 6) is -0.228. The normalized spacial score (nSPS) is 11.8. The van der Waals surface area contributed by atoms with Crippen molar-refractivity contribution < 1.29 is 18.0 Å².